The Balaban J connectivity index is 2.33. The van der Waals surface area contributed by atoms with Gasteiger partial charge in [0.1, 0.15) is 6.04 Å². The summed E-state index contributed by atoms with van der Waals surface area (Å²) < 4.78 is 0. The molecular weight excluding hydrogens is 224 g/mol. The van der Waals surface area contributed by atoms with Crippen LogP contribution < -0.4 is 10.6 Å². The SMILES string of the molecule is CC(CC(=O)O)CC(=O)NC1CCCNC1=O. The summed E-state index contributed by atoms with van der Waals surface area (Å²) in [4.78, 5) is 33.4. The molecule has 0 aromatic carbocycles. The maximum Gasteiger partial charge on any atom is 0.303 e. The fraction of sp³-hybridized carbons (Fsp3) is 0.727. The number of hydrogen-bond donors (Lipinski definition) is 3. The molecule has 6 heteroatoms. The quantitative estimate of drug-likeness (QED) is 0.626. The van der Waals surface area contributed by atoms with Crippen LogP contribution in [0.5, 0.6) is 0 Å². The third kappa shape index (κ3) is 4.84. The second-order valence-electron chi connectivity index (χ2n) is 4.46. The monoisotopic (exact) mass is 242 g/mol. The van der Waals surface area contributed by atoms with Crippen molar-refractivity contribution in [2.24, 2.45) is 5.92 Å². The Bertz CT molecular complexity index is 317. The number of carboxylic acid groups (broad SMARTS) is 1. The summed E-state index contributed by atoms with van der Waals surface area (Å²) in [5.74, 6) is -1.56. The zero-order valence-electron chi connectivity index (χ0n) is 9.86. The maximum absolute atomic E-state index is 11.6. The Labute approximate surface area is 99.8 Å². The molecule has 0 spiro atoms. The summed E-state index contributed by atoms with van der Waals surface area (Å²) in [5, 5.41) is 13.9. The van der Waals surface area contributed by atoms with E-state index in [1.807, 2.05) is 0 Å². The largest absolute Gasteiger partial charge is 0.481 e. The number of rotatable bonds is 5. The van der Waals surface area contributed by atoms with Gasteiger partial charge in [-0.3, -0.25) is 14.4 Å². The minimum Gasteiger partial charge on any atom is -0.481 e. The summed E-state index contributed by atoms with van der Waals surface area (Å²) in [6.07, 6.45) is 1.59. The van der Waals surface area contributed by atoms with Crippen LogP contribution in [-0.4, -0.2) is 35.5 Å². The summed E-state index contributed by atoms with van der Waals surface area (Å²) in [6.45, 7) is 2.36. The predicted octanol–water partition coefficient (Wildman–Crippen LogP) is -0.118. The van der Waals surface area contributed by atoms with E-state index < -0.39 is 12.0 Å². The van der Waals surface area contributed by atoms with Gasteiger partial charge in [-0.2, -0.15) is 0 Å². The van der Waals surface area contributed by atoms with E-state index in [1.165, 1.54) is 0 Å². The number of carbonyl (C=O) groups is 3. The average Bonchev–Trinajstić information content (AvgIpc) is 2.19. The number of piperidine rings is 1. The van der Waals surface area contributed by atoms with E-state index in [9.17, 15) is 14.4 Å². The molecule has 1 fully saturated rings. The van der Waals surface area contributed by atoms with Crippen molar-refractivity contribution in [1.29, 1.82) is 0 Å². The van der Waals surface area contributed by atoms with Gasteiger partial charge in [0.05, 0.1) is 0 Å². The predicted molar refractivity (Wildman–Crippen MR) is 60.2 cm³/mol. The van der Waals surface area contributed by atoms with Crippen LogP contribution in [0.1, 0.15) is 32.6 Å². The van der Waals surface area contributed by atoms with E-state index in [0.29, 0.717) is 13.0 Å². The van der Waals surface area contributed by atoms with Gasteiger partial charge in [0.25, 0.3) is 0 Å². The Kier molecular flexibility index (Phi) is 4.93. The van der Waals surface area contributed by atoms with Crippen LogP contribution in [0, 0.1) is 5.92 Å². The van der Waals surface area contributed by atoms with E-state index in [4.69, 9.17) is 5.11 Å². The minimum atomic E-state index is -0.916. The van der Waals surface area contributed by atoms with Gasteiger partial charge < -0.3 is 15.7 Å². The van der Waals surface area contributed by atoms with Crippen molar-refractivity contribution in [3.8, 4) is 0 Å². The lowest BCUT2D eigenvalue weighted by Gasteiger charge is -2.23. The second kappa shape index (κ2) is 6.22. The number of amides is 2. The summed E-state index contributed by atoms with van der Waals surface area (Å²) in [5.41, 5.74) is 0. The van der Waals surface area contributed by atoms with E-state index in [0.717, 1.165) is 6.42 Å². The van der Waals surface area contributed by atoms with E-state index in [2.05, 4.69) is 10.6 Å². The zero-order valence-corrected chi connectivity index (χ0v) is 9.86. The normalized spacial score (nSPS) is 21.5. The lowest BCUT2D eigenvalue weighted by molar-refractivity contribution is -0.138. The molecule has 1 saturated heterocycles. The Hall–Kier alpha value is -1.59. The van der Waals surface area contributed by atoms with Crippen molar-refractivity contribution < 1.29 is 19.5 Å². The van der Waals surface area contributed by atoms with E-state index in [1.54, 1.807) is 6.92 Å². The molecule has 1 rings (SSSR count). The molecular formula is C11H18N2O4. The Morgan fingerprint density at radius 3 is 2.82 bits per heavy atom. The van der Waals surface area contributed by atoms with Crippen LogP contribution in [0.4, 0.5) is 0 Å². The Morgan fingerprint density at radius 1 is 1.53 bits per heavy atom. The number of hydrogen-bond acceptors (Lipinski definition) is 3. The molecule has 1 aliphatic heterocycles. The molecule has 0 radical (unpaired) electrons. The summed E-state index contributed by atoms with van der Waals surface area (Å²) >= 11 is 0. The van der Waals surface area contributed by atoms with Crippen LogP contribution in [-0.2, 0) is 14.4 Å². The third-order valence-corrected chi connectivity index (χ3v) is 2.68. The lowest BCUT2D eigenvalue weighted by Crippen LogP contribution is -2.50. The van der Waals surface area contributed by atoms with Crippen molar-refractivity contribution in [1.82, 2.24) is 10.6 Å². The first-order chi connectivity index (χ1) is 7.99. The topological polar surface area (TPSA) is 95.5 Å². The highest BCUT2D eigenvalue weighted by atomic mass is 16.4. The molecule has 0 aliphatic carbocycles. The first-order valence-electron chi connectivity index (χ1n) is 5.78. The van der Waals surface area contributed by atoms with Crippen LogP contribution in [0.2, 0.25) is 0 Å². The van der Waals surface area contributed by atoms with Gasteiger partial charge in [-0.25, -0.2) is 0 Å². The van der Waals surface area contributed by atoms with Crippen molar-refractivity contribution in [3.63, 3.8) is 0 Å². The first kappa shape index (κ1) is 13.5. The lowest BCUT2D eigenvalue weighted by atomic mass is 10.0. The number of carbonyl (C=O) groups excluding carboxylic acids is 2. The molecule has 0 aromatic rings. The smallest absolute Gasteiger partial charge is 0.303 e. The number of nitrogens with one attached hydrogen (secondary N) is 2. The van der Waals surface area contributed by atoms with Gasteiger partial charge in [-0.1, -0.05) is 6.92 Å². The molecule has 0 aromatic heterocycles. The minimum absolute atomic E-state index is 0.0374. The zero-order chi connectivity index (χ0) is 12.8. The van der Waals surface area contributed by atoms with Gasteiger partial charge in [-0.15, -0.1) is 0 Å². The van der Waals surface area contributed by atoms with Gasteiger partial charge in [-0.05, 0) is 18.8 Å². The van der Waals surface area contributed by atoms with Crippen molar-refractivity contribution in [2.75, 3.05) is 6.54 Å². The molecule has 2 amide bonds. The highest BCUT2D eigenvalue weighted by molar-refractivity contribution is 5.88. The second-order valence-corrected chi connectivity index (χ2v) is 4.46. The number of aliphatic carboxylic acids is 1. The molecule has 96 valence electrons. The summed E-state index contributed by atoms with van der Waals surface area (Å²) in [6, 6.07) is -0.465. The van der Waals surface area contributed by atoms with Crippen molar-refractivity contribution >= 4 is 17.8 Å². The molecule has 6 nitrogen and oxygen atoms in total. The van der Waals surface area contributed by atoms with Crippen molar-refractivity contribution in [3.05, 3.63) is 0 Å². The average molecular weight is 242 g/mol. The molecule has 1 aliphatic rings. The van der Waals surface area contributed by atoms with Crippen LogP contribution in [0.3, 0.4) is 0 Å². The molecule has 0 bridgehead atoms. The van der Waals surface area contributed by atoms with Gasteiger partial charge in [0.15, 0.2) is 0 Å². The van der Waals surface area contributed by atoms with Gasteiger partial charge >= 0.3 is 5.97 Å². The maximum atomic E-state index is 11.6. The fourth-order valence-corrected chi connectivity index (χ4v) is 1.85. The molecule has 2 atom stereocenters. The third-order valence-electron chi connectivity index (χ3n) is 2.68. The van der Waals surface area contributed by atoms with E-state index in [-0.39, 0.29) is 30.6 Å². The molecule has 1 heterocycles. The first-order valence-corrected chi connectivity index (χ1v) is 5.78. The Morgan fingerprint density at radius 2 is 2.24 bits per heavy atom. The van der Waals surface area contributed by atoms with E-state index >= 15 is 0 Å². The molecule has 0 saturated carbocycles. The molecule has 3 N–H and O–H groups in total. The highest BCUT2D eigenvalue weighted by Crippen LogP contribution is 2.09. The van der Waals surface area contributed by atoms with Gasteiger partial charge in [0, 0.05) is 19.4 Å². The van der Waals surface area contributed by atoms with Gasteiger partial charge in [0.2, 0.25) is 11.8 Å². The number of carboxylic acids is 1. The molecule has 2 unspecified atom stereocenters. The van der Waals surface area contributed by atoms with Crippen LogP contribution in [0.15, 0.2) is 0 Å². The highest BCUT2D eigenvalue weighted by Gasteiger charge is 2.24. The van der Waals surface area contributed by atoms with Crippen LogP contribution >= 0.6 is 0 Å². The standard InChI is InChI=1S/C11H18N2O4/c1-7(6-10(15)16)5-9(14)13-8-3-2-4-12-11(8)17/h7-8H,2-6H2,1H3,(H,12,17)(H,13,14)(H,15,16). The fourth-order valence-electron chi connectivity index (χ4n) is 1.85. The van der Waals surface area contributed by atoms with Crippen molar-refractivity contribution in [2.45, 2.75) is 38.6 Å². The molecule has 17 heavy (non-hydrogen) atoms. The summed E-state index contributed by atoms with van der Waals surface area (Å²) in [7, 11) is 0. The van der Waals surface area contributed by atoms with Crippen LogP contribution in [0.25, 0.3) is 0 Å².